The number of carbonyl (C=O) groups is 2. The van der Waals surface area contributed by atoms with Gasteiger partial charge in [0.05, 0.1) is 5.75 Å². The summed E-state index contributed by atoms with van der Waals surface area (Å²) in [5, 5.41) is 2.97. The molecule has 2 aromatic rings. The number of carbonyl (C=O) groups excluding carboxylic acids is 2. The minimum atomic E-state index is -0.560. The minimum absolute atomic E-state index is 0.130. The normalized spacial score (nSPS) is 11.7. The Morgan fingerprint density at radius 1 is 1.18 bits per heavy atom. The number of thioether (sulfide) groups is 1. The largest absolute Gasteiger partial charge is 0.357 e. The lowest BCUT2D eigenvalue weighted by atomic mass is 10.1. The Balaban J connectivity index is 2.10. The summed E-state index contributed by atoms with van der Waals surface area (Å²) in [7, 11) is 1.56. The highest BCUT2D eigenvalue weighted by Crippen LogP contribution is 2.24. The molecule has 1 atom stereocenters. The molecule has 0 radical (unpaired) electrons. The molecule has 2 aromatic carbocycles. The third-order valence-electron chi connectivity index (χ3n) is 4.36. The summed E-state index contributed by atoms with van der Waals surface area (Å²) < 4.78 is 13.9. The Morgan fingerprint density at radius 2 is 1.89 bits per heavy atom. The molecule has 0 aromatic heterocycles. The Labute approximate surface area is 174 Å². The predicted octanol–water partition coefficient (Wildman–Crippen LogP) is 4.27. The van der Waals surface area contributed by atoms with Crippen LogP contribution in [0.25, 0.3) is 0 Å². The Kier molecular flexibility index (Phi) is 8.80. The molecule has 0 aliphatic rings. The summed E-state index contributed by atoms with van der Waals surface area (Å²) in [6.07, 6.45) is 0.502. The molecule has 0 saturated carbocycles. The predicted molar refractivity (Wildman–Crippen MR) is 113 cm³/mol. The highest BCUT2D eigenvalue weighted by atomic mass is 35.5. The topological polar surface area (TPSA) is 49.4 Å². The van der Waals surface area contributed by atoms with Crippen LogP contribution in [0, 0.1) is 5.82 Å². The molecule has 4 nitrogen and oxygen atoms in total. The van der Waals surface area contributed by atoms with Crippen LogP contribution >= 0.6 is 23.4 Å². The number of hydrogen-bond acceptors (Lipinski definition) is 3. The number of halogens is 2. The molecule has 2 rings (SSSR count). The van der Waals surface area contributed by atoms with Gasteiger partial charge >= 0.3 is 0 Å². The zero-order valence-corrected chi connectivity index (χ0v) is 17.5. The third kappa shape index (κ3) is 5.97. The van der Waals surface area contributed by atoms with Crippen LogP contribution in [0.3, 0.4) is 0 Å². The van der Waals surface area contributed by atoms with Gasteiger partial charge in [0.2, 0.25) is 11.8 Å². The van der Waals surface area contributed by atoms with Crippen molar-refractivity contribution in [2.24, 2.45) is 0 Å². The van der Waals surface area contributed by atoms with Crippen LogP contribution < -0.4 is 5.32 Å². The Bertz CT molecular complexity index is 784. The second-order valence-corrected chi connectivity index (χ2v) is 7.63. The van der Waals surface area contributed by atoms with Crippen LogP contribution in [0.1, 0.15) is 24.5 Å². The van der Waals surface area contributed by atoms with Crippen molar-refractivity contribution in [1.29, 1.82) is 0 Å². The first-order valence-corrected chi connectivity index (χ1v) is 10.6. The van der Waals surface area contributed by atoms with E-state index < -0.39 is 6.04 Å². The van der Waals surface area contributed by atoms with Gasteiger partial charge in [0.25, 0.3) is 0 Å². The summed E-state index contributed by atoms with van der Waals surface area (Å²) in [6.45, 7) is 2.21. The van der Waals surface area contributed by atoms with E-state index in [1.165, 1.54) is 17.8 Å². The van der Waals surface area contributed by atoms with E-state index in [1.54, 1.807) is 24.1 Å². The van der Waals surface area contributed by atoms with Crippen molar-refractivity contribution in [3.63, 3.8) is 0 Å². The SMILES string of the molecule is CC[C@H](C(=O)NC)N(Cc1ccccc1)C(=O)CSCc1c(F)cccc1Cl. The molecule has 1 N–H and O–H groups in total. The maximum Gasteiger partial charge on any atom is 0.242 e. The molecule has 28 heavy (non-hydrogen) atoms. The zero-order chi connectivity index (χ0) is 20.5. The molecular weight excluding hydrogens is 399 g/mol. The molecule has 0 bridgehead atoms. The van der Waals surface area contributed by atoms with Crippen molar-refractivity contribution < 1.29 is 14.0 Å². The average Bonchev–Trinajstić information content (AvgIpc) is 2.70. The van der Waals surface area contributed by atoms with Gasteiger partial charge in [-0.25, -0.2) is 4.39 Å². The molecule has 0 saturated heterocycles. The summed E-state index contributed by atoms with van der Waals surface area (Å²) in [4.78, 5) is 26.8. The summed E-state index contributed by atoms with van der Waals surface area (Å²) in [6, 6.07) is 13.5. The number of amides is 2. The molecule has 2 amide bonds. The third-order valence-corrected chi connectivity index (χ3v) is 5.66. The van der Waals surface area contributed by atoms with Gasteiger partial charge in [0, 0.05) is 29.9 Å². The first kappa shape index (κ1) is 22.2. The van der Waals surface area contributed by atoms with Crippen molar-refractivity contribution in [1.82, 2.24) is 10.2 Å². The Morgan fingerprint density at radius 3 is 2.50 bits per heavy atom. The van der Waals surface area contributed by atoms with E-state index >= 15 is 0 Å². The van der Waals surface area contributed by atoms with Crippen LogP contribution in [0.5, 0.6) is 0 Å². The van der Waals surface area contributed by atoms with E-state index in [0.717, 1.165) is 5.56 Å². The number of likely N-dealkylation sites (N-methyl/N-ethyl adjacent to an activating group) is 1. The fraction of sp³-hybridized carbons (Fsp3) is 0.333. The second kappa shape index (κ2) is 11.1. The van der Waals surface area contributed by atoms with E-state index in [9.17, 15) is 14.0 Å². The molecule has 0 aliphatic heterocycles. The molecule has 150 valence electrons. The maximum absolute atomic E-state index is 13.9. The van der Waals surface area contributed by atoms with Gasteiger partial charge in [0.15, 0.2) is 0 Å². The van der Waals surface area contributed by atoms with E-state index in [2.05, 4.69) is 5.32 Å². The van der Waals surface area contributed by atoms with E-state index in [1.807, 2.05) is 37.3 Å². The molecule has 0 spiro atoms. The number of nitrogens with zero attached hydrogens (tertiary/aromatic N) is 1. The van der Waals surface area contributed by atoms with E-state index in [0.29, 0.717) is 23.6 Å². The van der Waals surface area contributed by atoms with Gasteiger partial charge in [-0.15, -0.1) is 11.8 Å². The van der Waals surface area contributed by atoms with Crippen molar-refractivity contribution in [2.45, 2.75) is 31.7 Å². The van der Waals surface area contributed by atoms with Gasteiger partial charge in [-0.1, -0.05) is 54.9 Å². The first-order valence-electron chi connectivity index (χ1n) is 9.03. The summed E-state index contributed by atoms with van der Waals surface area (Å²) in [5.41, 5.74) is 1.33. The number of hydrogen-bond donors (Lipinski definition) is 1. The first-order chi connectivity index (χ1) is 13.5. The summed E-state index contributed by atoms with van der Waals surface area (Å²) in [5.74, 6) is -0.339. The van der Waals surface area contributed by atoms with Crippen molar-refractivity contribution in [3.05, 3.63) is 70.5 Å². The lowest BCUT2D eigenvalue weighted by Gasteiger charge is -2.30. The molecule has 0 heterocycles. The van der Waals surface area contributed by atoms with Gasteiger partial charge in [-0.05, 0) is 24.1 Å². The second-order valence-electron chi connectivity index (χ2n) is 6.24. The van der Waals surface area contributed by atoms with Crippen LogP contribution in [0.15, 0.2) is 48.5 Å². The number of nitrogens with one attached hydrogen (secondary N) is 1. The highest BCUT2D eigenvalue weighted by molar-refractivity contribution is 7.99. The quantitative estimate of drug-likeness (QED) is 0.656. The zero-order valence-electron chi connectivity index (χ0n) is 16.0. The van der Waals surface area contributed by atoms with E-state index in [-0.39, 0.29) is 29.1 Å². The smallest absolute Gasteiger partial charge is 0.242 e. The van der Waals surface area contributed by atoms with Crippen LogP contribution in [0.2, 0.25) is 5.02 Å². The van der Waals surface area contributed by atoms with Gasteiger partial charge < -0.3 is 10.2 Å². The van der Waals surface area contributed by atoms with Gasteiger partial charge in [-0.3, -0.25) is 9.59 Å². The highest BCUT2D eigenvalue weighted by Gasteiger charge is 2.27. The lowest BCUT2D eigenvalue weighted by molar-refractivity contribution is -0.139. The van der Waals surface area contributed by atoms with Gasteiger partial charge in [0.1, 0.15) is 11.9 Å². The maximum atomic E-state index is 13.9. The molecule has 0 aliphatic carbocycles. The van der Waals surface area contributed by atoms with Crippen LogP contribution in [-0.2, 0) is 21.9 Å². The van der Waals surface area contributed by atoms with Crippen molar-refractivity contribution >= 4 is 35.2 Å². The average molecular weight is 423 g/mol. The molecular formula is C21H24ClFN2O2S. The lowest BCUT2D eigenvalue weighted by Crippen LogP contribution is -2.48. The van der Waals surface area contributed by atoms with Crippen LogP contribution in [0.4, 0.5) is 4.39 Å². The standard InChI is InChI=1S/C21H24ClFN2O2S/c1-3-19(21(27)24-2)25(12-15-8-5-4-6-9-15)20(26)14-28-13-16-17(22)10-7-11-18(16)23/h4-11,19H,3,12-14H2,1-2H3,(H,24,27)/t19-/m1/s1. The van der Waals surface area contributed by atoms with Crippen molar-refractivity contribution in [3.8, 4) is 0 Å². The molecule has 0 fully saturated rings. The Hall–Kier alpha value is -2.05. The monoisotopic (exact) mass is 422 g/mol. The fourth-order valence-corrected chi connectivity index (χ4v) is 4.11. The van der Waals surface area contributed by atoms with Crippen LogP contribution in [-0.4, -0.2) is 35.6 Å². The molecule has 7 heteroatoms. The van der Waals surface area contributed by atoms with Crippen molar-refractivity contribution in [2.75, 3.05) is 12.8 Å². The molecule has 0 unspecified atom stereocenters. The fourth-order valence-electron chi connectivity index (χ4n) is 2.86. The minimum Gasteiger partial charge on any atom is -0.357 e. The summed E-state index contributed by atoms with van der Waals surface area (Å²) >= 11 is 7.33. The number of rotatable bonds is 9. The van der Waals surface area contributed by atoms with E-state index in [4.69, 9.17) is 11.6 Å². The number of benzene rings is 2. The van der Waals surface area contributed by atoms with Gasteiger partial charge in [-0.2, -0.15) is 0 Å².